The number of aromatic nitrogens is 2. The Labute approximate surface area is 586 Å². The summed E-state index contributed by atoms with van der Waals surface area (Å²) in [6.45, 7) is 6.79. The molecule has 15 aromatic carbocycles. The molecule has 0 fully saturated rings. The molecule has 0 aliphatic carbocycles. The Morgan fingerprint density at radius 3 is 1.08 bits per heavy atom. The van der Waals surface area contributed by atoms with Gasteiger partial charge in [0.1, 0.15) is 23.0 Å². The van der Waals surface area contributed by atoms with Gasteiger partial charge in [-0.25, -0.2) is 0 Å². The normalized spacial score (nSPS) is 13.0. The van der Waals surface area contributed by atoms with Crippen LogP contribution in [0, 0.1) is 0 Å². The van der Waals surface area contributed by atoms with Crippen molar-refractivity contribution in [1.29, 1.82) is 0 Å². The summed E-state index contributed by atoms with van der Waals surface area (Å²) in [4.78, 5) is 5.33. The zero-order chi connectivity index (χ0) is 66.8. The second kappa shape index (κ2) is 21.8. The predicted molar refractivity (Wildman–Crippen MR) is 421 cm³/mol. The zero-order valence-electron chi connectivity index (χ0n) is 55.9. The van der Waals surface area contributed by atoms with Gasteiger partial charge in [-0.05, 0) is 159 Å². The van der Waals surface area contributed by atoms with E-state index in [2.05, 4.69) is 367 Å². The van der Waals surface area contributed by atoms with Crippen LogP contribution in [0.15, 0.2) is 328 Å². The maximum Gasteiger partial charge on any atom is 0.252 e. The number of anilines is 6. The Kier molecular flexibility index (Phi) is 12.4. The molecule has 101 heavy (non-hydrogen) atoms. The lowest BCUT2D eigenvalue weighted by molar-refractivity contribution is 0.487. The molecule has 17 aromatic rings. The molecule has 0 radical (unpaired) electrons. The molecule has 0 atom stereocenters. The van der Waals surface area contributed by atoms with Crippen molar-refractivity contribution in [2.75, 3.05) is 9.80 Å². The number of hydrogen-bond acceptors (Lipinski definition) is 4. The molecule has 474 valence electrons. The van der Waals surface area contributed by atoms with Crippen molar-refractivity contribution in [3.8, 4) is 101 Å². The molecule has 0 saturated carbocycles. The van der Waals surface area contributed by atoms with Crippen molar-refractivity contribution < 1.29 is 9.47 Å². The van der Waals surface area contributed by atoms with Crippen LogP contribution in [0.25, 0.3) is 122 Å². The molecular weight excluding hydrogens is 1230 g/mol. The summed E-state index contributed by atoms with van der Waals surface area (Å²) >= 11 is 0. The molecule has 0 bridgehead atoms. The molecule has 0 spiro atoms. The van der Waals surface area contributed by atoms with Gasteiger partial charge in [-0.3, -0.25) is 0 Å². The van der Waals surface area contributed by atoms with Gasteiger partial charge in [0.15, 0.2) is 0 Å². The second-order valence-electron chi connectivity index (χ2n) is 28.3. The van der Waals surface area contributed by atoms with E-state index < -0.39 is 0 Å². The summed E-state index contributed by atoms with van der Waals surface area (Å²) < 4.78 is 20.3. The molecule has 0 unspecified atom stereocenters. The first-order valence-electron chi connectivity index (χ1n) is 35.0. The van der Waals surface area contributed by atoms with E-state index in [4.69, 9.17) is 9.47 Å². The number of benzene rings is 15. The molecule has 7 heteroatoms. The van der Waals surface area contributed by atoms with Crippen molar-refractivity contribution in [3.05, 3.63) is 333 Å². The van der Waals surface area contributed by atoms with Crippen LogP contribution in [-0.2, 0) is 5.41 Å². The highest BCUT2D eigenvalue weighted by molar-refractivity contribution is 7.00. The van der Waals surface area contributed by atoms with Crippen LogP contribution < -0.4 is 35.7 Å². The van der Waals surface area contributed by atoms with Crippen LogP contribution in [0.5, 0.6) is 23.0 Å². The monoisotopic (exact) mass is 1290 g/mol. The van der Waals surface area contributed by atoms with Crippen LogP contribution in [-0.4, -0.2) is 15.8 Å². The summed E-state index contributed by atoms with van der Waals surface area (Å²) in [6.07, 6.45) is 0. The summed E-state index contributed by atoms with van der Waals surface area (Å²) in [5, 5.41) is 4.55. The minimum Gasteiger partial charge on any atom is -0.456 e. The van der Waals surface area contributed by atoms with Crippen molar-refractivity contribution in [3.63, 3.8) is 0 Å². The minimum atomic E-state index is -0.332. The van der Waals surface area contributed by atoms with Gasteiger partial charge in [0.25, 0.3) is 6.71 Å². The van der Waals surface area contributed by atoms with E-state index in [-0.39, 0.29) is 12.1 Å². The molecule has 4 aliphatic heterocycles. The quantitative estimate of drug-likeness (QED) is 0.165. The highest BCUT2D eigenvalue weighted by atomic mass is 16.5. The van der Waals surface area contributed by atoms with Crippen LogP contribution in [0.1, 0.15) is 26.3 Å². The third-order valence-corrected chi connectivity index (χ3v) is 21.6. The lowest BCUT2D eigenvalue weighted by Gasteiger charge is -2.47. The number of rotatable bonds is 4. The first kappa shape index (κ1) is 57.3. The van der Waals surface area contributed by atoms with Gasteiger partial charge in [0.05, 0.1) is 33.4 Å². The number of para-hydroxylation sites is 8. The van der Waals surface area contributed by atoms with Crippen LogP contribution in [0.2, 0.25) is 0 Å². The lowest BCUT2D eigenvalue weighted by Crippen LogP contribution is -2.62. The fraction of sp³-hybridized carbons (Fsp3) is 0.0426. The predicted octanol–water partition coefficient (Wildman–Crippen LogP) is 23.5. The highest BCUT2D eigenvalue weighted by Gasteiger charge is 2.48. The van der Waals surface area contributed by atoms with E-state index in [9.17, 15) is 0 Å². The third kappa shape index (κ3) is 8.60. The molecule has 0 amide bonds. The average molecular weight is 1290 g/mol. The van der Waals surface area contributed by atoms with E-state index in [0.29, 0.717) is 0 Å². The Morgan fingerprint density at radius 2 is 0.644 bits per heavy atom. The van der Waals surface area contributed by atoms with E-state index in [1.165, 1.54) is 22.0 Å². The fourth-order valence-corrected chi connectivity index (χ4v) is 17.1. The first-order chi connectivity index (χ1) is 49.8. The number of ether oxygens (including phenoxy) is 2. The fourth-order valence-electron chi connectivity index (χ4n) is 17.1. The van der Waals surface area contributed by atoms with Crippen LogP contribution >= 0.6 is 0 Å². The second-order valence-corrected chi connectivity index (χ2v) is 28.3. The van der Waals surface area contributed by atoms with Gasteiger partial charge >= 0.3 is 0 Å². The average Bonchev–Trinajstić information content (AvgIpc) is 1.38. The number of nitrogens with zero attached hydrogens (tertiary/aromatic N) is 4. The maximum absolute atomic E-state index is 7.73. The molecular formula is C94H63BN4O2. The van der Waals surface area contributed by atoms with Gasteiger partial charge in [-0.1, -0.05) is 239 Å². The molecule has 6 nitrogen and oxygen atoms in total. The first-order valence-corrected chi connectivity index (χ1v) is 35.0. The standard InChI is InChI=1S/C94H63BN4O2/c1-94(2,3)62-52-85-91-86(53-62)99-82-45-25-19-39-68(82)74-55-84-72(66-37-17-23-43-80(66)97(84)64-34-14-7-15-35-64)57-90(74)101-88-47-27-21-41-70(88)76-49-61(59-30-10-5-11-31-59)51-78(93(76)99)95(91)77-50-60(58-28-8-4-9-29-58)48-75-69-40-20-26-46-87(69)100-89-56-71-65-36-16-22-42-79(65)96(63-32-12-6-13-33-63)83(71)54-73(89)67-38-18-24-44-81(67)98(85)92(75)77/h4-57H,1-3H3. The van der Waals surface area contributed by atoms with E-state index in [0.717, 1.165) is 179 Å². The molecule has 4 aliphatic rings. The van der Waals surface area contributed by atoms with Crippen molar-refractivity contribution in [1.82, 2.24) is 9.13 Å². The Balaban J connectivity index is 0.931. The summed E-state index contributed by atoms with van der Waals surface area (Å²) in [5.74, 6) is 3.10. The molecule has 21 rings (SSSR count). The lowest BCUT2D eigenvalue weighted by atomic mass is 9.32. The topological polar surface area (TPSA) is 34.8 Å². The van der Waals surface area contributed by atoms with Crippen molar-refractivity contribution >= 4 is 101 Å². The van der Waals surface area contributed by atoms with Gasteiger partial charge in [-0.2, -0.15) is 0 Å². The summed E-state index contributed by atoms with van der Waals surface area (Å²) in [6, 6.07) is 121. The van der Waals surface area contributed by atoms with Gasteiger partial charge in [0.2, 0.25) is 0 Å². The van der Waals surface area contributed by atoms with Gasteiger partial charge in [0, 0.05) is 100 Å². The minimum absolute atomic E-state index is 0.329. The summed E-state index contributed by atoms with van der Waals surface area (Å²) in [7, 11) is 0. The van der Waals surface area contributed by atoms with Gasteiger partial charge in [-0.15, -0.1) is 0 Å². The van der Waals surface area contributed by atoms with E-state index in [1.54, 1.807) is 0 Å². The maximum atomic E-state index is 7.73. The zero-order valence-corrected chi connectivity index (χ0v) is 55.9. The third-order valence-electron chi connectivity index (χ3n) is 21.6. The van der Waals surface area contributed by atoms with Crippen molar-refractivity contribution in [2.24, 2.45) is 0 Å². The Bertz CT molecular complexity index is 5950. The highest BCUT2D eigenvalue weighted by Crippen LogP contribution is 2.58. The Morgan fingerprint density at radius 1 is 0.267 bits per heavy atom. The SMILES string of the molecule is CC(C)(C)c1cc2c3c(c1)N1c4ccccc4-c4cc5c(cc4Oc4ccccc4-c4cc(-c6ccccc6)cc(c41)B3c1cc(-c3ccccc3)cc3c1N2c1ccccc1-c1cc2c(cc1Oc1ccccc1-3)c1ccccc1n2-c1ccccc1)c1ccccc1n5-c1ccccc1. The van der Waals surface area contributed by atoms with E-state index >= 15 is 0 Å². The van der Waals surface area contributed by atoms with Crippen molar-refractivity contribution in [2.45, 2.75) is 26.2 Å². The van der Waals surface area contributed by atoms with Gasteiger partial charge < -0.3 is 28.4 Å². The Hall–Kier alpha value is -12.8. The molecule has 6 heterocycles. The largest absolute Gasteiger partial charge is 0.456 e. The van der Waals surface area contributed by atoms with E-state index in [1.807, 2.05) is 0 Å². The molecule has 0 saturated heterocycles. The smallest absolute Gasteiger partial charge is 0.252 e. The van der Waals surface area contributed by atoms with Crippen LogP contribution in [0.4, 0.5) is 34.1 Å². The number of fused-ring (bicyclic) bond motifs is 22. The molecule has 2 aromatic heterocycles. The summed E-state index contributed by atoms with van der Waals surface area (Å²) in [5.41, 5.74) is 30.4. The number of hydrogen-bond donors (Lipinski definition) is 0. The molecule has 0 N–H and O–H groups in total. The van der Waals surface area contributed by atoms with Crippen LogP contribution in [0.3, 0.4) is 0 Å².